The van der Waals surface area contributed by atoms with E-state index in [1.54, 1.807) is 62.2 Å². The van der Waals surface area contributed by atoms with E-state index in [9.17, 15) is 0 Å². The van der Waals surface area contributed by atoms with Crippen molar-refractivity contribution >= 4 is 238 Å². The van der Waals surface area contributed by atoms with Crippen molar-refractivity contribution in [3.63, 3.8) is 0 Å². The van der Waals surface area contributed by atoms with Crippen LogP contribution in [0.5, 0.6) is 0 Å². The fourth-order valence-electron chi connectivity index (χ4n) is 14.1. The molecule has 0 unspecified atom stereocenters. The largest absolute Gasteiger partial charge is 0.180 e. The molecule has 0 radical (unpaired) electrons. The highest BCUT2D eigenvalue weighted by Crippen LogP contribution is 2.32. The number of hydrogen-bond acceptors (Lipinski definition) is 6. The molecule has 13 aromatic carbocycles. The molecule has 102 heavy (non-hydrogen) atoms. The zero-order chi connectivity index (χ0) is 70.0. The van der Waals surface area contributed by atoms with E-state index in [1.165, 1.54) is 62.8 Å². The maximum Gasteiger partial charge on any atom is 0.180 e. The Morgan fingerprint density at radius 3 is 0.441 bits per heavy atom. The molecule has 0 saturated carbocycles. The first-order valence-corrected chi connectivity index (χ1v) is 49.2. The lowest BCUT2D eigenvalue weighted by Gasteiger charge is -2.28. The van der Waals surface area contributed by atoms with Crippen LogP contribution in [0.2, 0.25) is 0 Å². The summed E-state index contributed by atoms with van der Waals surface area (Å²) in [4.78, 5) is 8.62. The molecule has 0 spiro atoms. The van der Waals surface area contributed by atoms with Crippen LogP contribution in [0.25, 0.3) is 0 Å². The predicted molar refractivity (Wildman–Crippen MR) is 468 cm³/mol. The third-order valence-electron chi connectivity index (χ3n) is 18.5. The summed E-state index contributed by atoms with van der Waals surface area (Å²) in [5.41, 5.74) is 8.93. The summed E-state index contributed by atoms with van der Waals surface area (Å²) in [5, 5.41) is 18.6. The van der Waals surface area contributed by atoms with E-state index in [-0.39, 0.29) is 0 Å². The van der Waals surface area contributed by atoms with E-state index in [2.05, 4.69) is 291 Å². The molecule has 19 rings (SSSR count). The lowest BCUT2D eigenvalue weighted by Crippen LogP contribution is -2.56. The molecule has 0 saturated heterocycles. The molecule has 6 aliphatic heterocycles. The minimum absolute atomic E-state index is 0.750. The number of hydrogen-bond donors (Lipinski definition) is 0. The van der Waals surface area contributed by atoms with Crippen LogP contribution in [0.4, 0.5) is 0 Å². The highest BCUT2D eigenvalue weighted by Gasteiger charge is 2.34. The van der Waals surface area contributed by atoms with Gasteiger partial charge in [-0.2, -0.15) is 0 Å². The second kappa shape index (κ2) is 37.7. The Bertz CT molecular complexity index is 3870. The maximum atomic E-state index is 4.81. The molecular formula is C86H72Cl6S6Si4. The average molecular weight is 1620 g/mol. The Hall–Kier alpha value is -5.43. The molecule has 0 aliphatic carbocycles. The highest BCUT2D eigenvalue weighted by molar-refractivity contribution is 8.00. The molecule has 6 aliphatic rings. The average Bonchev–Trinajstić information content (AvgIpc) is 0.774. The summed E-state index contributed by atoms with van der Waals surface area (Å²) in [7, 11) is -7.34. The Morgan fingerprint density at radius 2 is 0.284 bits per heavy atom. The minimum atomic E-state index is -1.85. The van der Waals surface area contributed by atoms with Gasteiger partial charge in [0.05, 0.1) is 0 Å². The van der Waals surface area contributed by atoms with Crippen molar-refractivity contribution in [1.82, 2.24) is 0 Å². The van der Waals surface area contributed by atoms with Crippen LogP contribution in [0.1, 0.15) is 33.4 Å². The van der Waals surface area contributed by atoms with Crippen molar-refractivity contribution in [2.45, 2.75) is 72.5 Å². The van der Waals surface area contributed by atoms with Gasteiger partial charge in [0, 0.05) is 63.9 Å². The Balaban J connectivity index is 0.000000153. The van der Waals surface area contributed by atoms with Gasteiger partial charge in [0.25, 0.3) is 0 Å². The Kier molecular flexibility index (Phi) is 27.7. The van der Waals surface area contributed by atoms with Gasteiger partial charge in [-0.1, -0.05) is 361 Å². The topological polar surface area (TPSA) is 0 Å². The van der Waals surface area contributed by atoms with Gasteiger partial charge in [0.2, 0.25) is 0 Å². The number of rotatable bonds is 0. The number of thioether (sulfide) groups is 6. The fourth-order valence-corrected chi connectivity index (χ4v) is 37.9. The van der Waals surface area contributed by atoms with Crippen LogP contribution in [0.15, 0.2) is 357 Å². The summed E-state index contributed by atoms with van der Waals surface area (Å²) in [6.07, 6.45) is 0. The highest BCUT2D eigenvalue weighted by atomic mass is 35.6. The van der Waals surface area contributed by atoms with Crippen LogP contribution in [-0.4, -0.2) is 43.8 Å². The van der Waals surface area contributed by atoms with E-state index in [0.29, 0.717) is 0 Å². The second-order valence-corrected chi connectivity index (χ2v) is 45.5. The first-order chi connectivity index (χ1) is 50.2. The van der Waals surface area contributed by atoms with Gasteiger partial charge in [-0.15, -0.1) is 70.6 Å². The van der Waals surface area contributed by atoms with E-state index in [4.69, 9.17) is 69.6 Å². The van der Waals surface area contributed by atoms with Crippen molar-refractivity contribution in [2.24, 2.45) is 0 Å². The van der Waals surface area contributed by atoms with Crippen LogP contribution in [0.3, 0.4) is 0 Å². The third-order valence-corrected chi connectivity index (χ3v) is 40.5. The van der Waals surface area contributed by atoms with E-state index in [0.717, 1.165) is 34.5 Å². The predicted octanol–water partition coefficient (Wildman–Crippen LogP) is 17.0. The molecule has 16 heteroatoms. The molecule has 4 bridgehead atoms. The summed E-state index contributed by atoms with van der Waals surface area (Å²) in [5.74, 6) is 5.89. The lowest BCUT2D eigenvalue weighted by atomic mass is 10.2. The summed E-state index contributed by atoms with van der Waals surface area (Å²) in [6.45, 7) is 0. The monoisotopic (exact) mass is 1620 g/mol. The maximum absolute atomic E-state index is 4.81. The number of alkyl halides is 6. The zero-order valence-electron chi connectivity index (χ0n) is 55.6. The second-order valence-electron chi connectivity index (χ2n) is 24.5. The molecule has 0 atom stereocenters. The van der Waals surface area contributed by atoms with Gasteiger partial charge in [0.1, 0.15) is 35.2 Å². The Labute approximate surface area is 664 Å². The van der Waals surface area contributed by atoms with Crippen LogP contribution < -0.4 is 62.2 Å². The van der Waals surface area contributed by atoms with Crippen molar-refractivity contribution in [2.75, 3.05) is 0 Å². The third kappa shape index (κ3) is 18.7. The fraction of sp³-hybridized carbons (Fsp3) is 0.0930. The lowest BCUT2D eigenvalue weighted by molar-refractivity contribution is 1.38. The summed E-state index contributed by atoms with van der Waals surface area (Å²) >= 11 is 41.1. The molecule has 510 valence electrons. The van der Waals surface area contributed by atoms with Gasteiger partial charge in [-0.05, 0) is 132 Å². The first kappa shape index (κ1) is 74.8. The van der Waals surface area contributed by atoms with Gasteiger partial charge < -0.3 is 0 Å². The summed E-state index contributed by atoms with van der Waals surface area (Å²) < 4.78 is -1.50. The molecule has 0 nitrogen and oxygen atoms in total. The van der Waals surface area contributed by atoms with Gasteiger partial charge >= 0.3 is 0 Å². The number of benzene rings is 13. The van der Waals surface area contributed by atoms with Crippen LogP contribution in [0, 0.1) is 0 Å². The van der Waals surface area contributed by atoms with Crippen molar-refractivity contribution in [3.8, 4) is 0 Å². The van der Waals surface area contributed by atoms with Crippen molar-refractivity contribution in [3.05, 3.63) is 361 Å². The quantitative estimate of drug-likeness (QED) is 0.109. The normalized spacial score (nSPS) is 16.2. The smallest absolute Gasteiger partial charge is 0.121 e. The standard InChI is InChI=1S/2C39H32S3Si2.C6H6.2CHCl3/c2*1-7-19-34-28(13-1)25-40-31-16-4-10-22-37(31)44-38-23-11-5-17-32(38)41-26-29-14-2-8-20-35(29)43(34)36-21-9-3-15-30(36)27-42-33-18-6-12-24-39(33)44;1-2-4-6-5-3-1;2*2-1(3)4/h2*1-24,43-44H,25-27H2;1-6H;2*1H. The summed E-state index contributed by atoms with van der Waals surface area (Å²) in [6, 6.07) is 124. The molecule has 0 fully saturated rings. The van der Waals surface area contributed by atoms with Crippen molar-refractivity contribution < 1.29 is 0 Å². The van der Waals surface area contributed by atoms with Gasteiger partial charge in [-0.3, -0.25) is 0 Å². The van der Waals surface area contributed by atoms with Gasteiger partial charge in [-0.25, -0.2) is 0 Å². The van der Waals surface area contributed by atoms with Crippen LogP contribution in [-0.2, 0) is 34.5 Å². The van der Waals surface area contributed by atoms with E-state index >= 15 is 0 Å². The SMILES string of the molecule is ClC(Cl)Cl.ClC(Cl)Cl.c1ccc2c(c1)CSc1ccccc1[SiH]1c3ccccc3SCc3ccccc3[SiH]2c2ccccc2CSc2ccccc21.c1ccc2c(c1)CSc1ccccc1[SiH]1c3ccccc3SCc3ccccc3[SiH]2c2ccccc2CSc2ccccc21.c1ccccc1. The minimum Gasteiger partial charge on any atom is -0.121 e. The molecular weight excluding hydrogens is 1550 g/mol. The Morgan fingerprint density at radius 1 is 0.167 bits per heavy atom. The molecule has 13 aromatic rings. The van der Waals surface area contributed by atoms with E-state index in [1.807, 2.05) is 107 Å². The molecule has 0 N–H and O–H groups in total. The zero-order valence-corrected chi connectivity index (χ0v) is 69.7. The number of fused-ring (bicyclic) bond motifs is 6. The molecule has 0 aromatic heterocycles. The van der Waals surface area contributed by atoms with Crippen molar-refractivity contribution in [1.29, 1.82) is 0 Å². The molecule has 6 heterocycles. The molecule has 0 amide bonds. The van der Waals surface area contributed by atoms with E-state index < -0.39 is 43.8 Å². The number of halogens is 6. The first-order valence-electron chi connectivity index (χ1n) is 33.8. The van der Waals surface area contributed by atoms with Crippen LogP contribution >= 0.6 is 140 Å². The van der Waals surface area contributed by atoms with Gasteiger partial charge in [0.15, 0.2) is 8.59 Å².